The second-order valence-corrected chi connectivity index (χ2v) is 6.11. The summed E-state index contributed by atoms with van der Waals surface area (Å²) < 4.78 is 20.3. The lowest BCUT2D eigenvalue weighted by atomic mass is 10.1. The molecular weight excluding hydrogens is 426 g/mol. The molecule has 2 aromatic rings. The minimum atomic E-state index is -0.843. The van der Waals surface area contributed by atoms with Gasteiger partial charge in [-0.05, 0) is 24.3 Å². The molecule has 0 spiro atoms. The third-order valence-electron chi connectivity index (χ3n) is 4.05. The van der Waals surface area contributed by atoms with Gasteiger partial charge in [-0.2, -0.15) is 0 Å². The number of nitrogens with zero attached hydrogens (tertiary/aromatic N) is 1. The lowest BCUT2D eigenvalue weighted by Gasteiger charge is -2.14. The van der Waals surface area contributed by atoms with E-state index in [1.54, 1.807) is 0 Å². The third kappa shape index (κ3) is 6.32. The van der Waals surface area contributed by atoms with Gasteiger partial charge in [0.05, 0.1) is 26.3 Å². The van der Waals surface area contributed by atoms with Crippen LogP contribution in [0.1, 0.15) is 10.4 Å². The number of methoxy groups -OCH3 is 3. The number of esters is 1. The highest BCUT2D eigenvalue weighted by molar-refractivity contribution is 5.97. The Kier molecular flexibility index (Phi) is 8.34. The van der Waals surface area contributed by atoms with Crippen LogP contribution in [-0.4, -0.2) is 57.2 Å². The molecule has 2 amide bonds. The number of amides is 2. The van der Waals surface area contributed by atoms with Crippen LogP contribution >= 0.6 is 0 Å². The summed E-state index contributed by atoms with van der Waals surface area (Å²) in [5.74, 6) is -1.25. The van der Waals surface area contributed by atoms with E-state index in [0.29, 0.717) is 11.4 Å². The Labute approximate surface area is 182 Å². The molecule has 0 heterocycles. The summed E-state index contributed by atoms with van der Waals surface area (Å²) in [7, 11) is 4.23. The number of carbonyl (C=O) groups excluding carboxylic acids is 3. The Hall–Kier alpha value is -4.35. The van der Waals surface area contributed by atoms with Crippen LogP contribution in [-0.2, 0) is 14.3 Å². The van der Waals surface area contributed by atoms with Crippen LogP contribution in [0, 0.1) is 10.1 Å². The molecule has 0 fully saturated rings. The number of hydrogen-bond acceptors (Lipinski definition) is 9. The SMILES string of the molecule is COc1cc(C(=O)NCC(=O)OCC(=O)Nc2ccc([N+](=O)[O-])cc2)cc(OC)c1OC. The molecule has 0 unspecified atom stereocenters. The van der Waals surface area contributed by atoms with E-state index in [-0.39, 0.29) is 22.7 Å². The zero-order chi connectivity index (χ0) is 23.7. The average molecular weight is 447 g/mol. The second-order valence-electron chi connectivity index (χ2n) is 6.11. The average Bonchev–Trinajstić information content (AvgIpc) is 2.80. The number of non-ortho nitro benzene ring substituents is 1. The van der Waals surface area contributed by atoms with Gasteiger partial charge in [-0.15, -0.1) is 0 Å². The quantitative estimate of drug-likeness (QED) is 0.313. The number of benzene rings is 2. The van der Waals surface area contributed by atoms with Gasteiger partial charge in [0.15, 0.2) is 18.1 Å². The Morgan fingerprint density at radius 2 is 1.56 bits per heavy atom. The van der Waals surface area contributed by atoms with Gasteiger partial charge in [0, 0.05) is 23.4 Å². The van der Waals surface area contributed by atoms with E-state index in [4.69, 9.17) is 18.9 Å². The van der Waals surface area contributed by atoms with Gasteiger partial charge in [0.25, 0.3) is 17.5 Å². The van der Waals surface area contributed by atoms with Crippen molar-refractivity contribution in [2.75, 3.05) is 39.8 Å². The Morgan fingerprint density at radius 3 is 2.06 bits per heavy atom. The van der Waals surface area contributed by atoms with Crippen LogP contribution in [0.2, 0.25) is 0 Å². The van der Waals surface area contributed by atoms with Crippen LogP contribution in [0.3, 0.4) is 0 Å². The first-order valence-corrected chi connectivity index (χ1v) is 9.07. The summed E-state index contributed by atoms with van der Waals surface area (Å²) in [4.78, 5) is 46.1. The van der Waals surface area contributed by atoms with Gasteiger partial charge in [-0.25, -0.2) is 0 Å². The number of rotatable bonds is 10. The van der Waals surface area contributed by atoms with Crippen molar-refractivity contribution in [1.82, 2.24) is 5.32 Å². The number of hydrogen-bond donors (Lipinski definition) is 2. The van der Waals surface area contributed by atoms with E-state index in [0.717, 1.165) is 0 Å². The summed E-state index contributed by atoms with van der Waals surface area (Å²) in [5.41, 5.74) is 0.327. The minimum absolute atomic E-state index is 0.128. The Balaban J connectivity index is 1.85. The smallest absolute Gasteiger partial charge is 0.325 e. The van der Waals surface area contributed by atoms with E-state index in [2.05, 4.69) is 10.6 Å². The lowest BCUT2D eigenvalue weighted by Crippen LogP contribution is -2.32. The zero-order valence-corrected chi connectivity index (χ0v) is 17.5. The first-order chi connectivity index (χ1) is 15.3. The Morgan fingerprint density at radius 1 is 0.969 bits per heavy atom. The van der Waals surface area contributed by atoms with E-state index in [1.165, 1.54) is 57.7 Å². The molecular formula is C20H21N3O9. The van der Waals surface area contributed by atoms with Crippen molar-refractivity contribution >= 4 is 29.2 Å². The number of nitro benzene ring substituents is 1. The highest BCUT2D eigenvalue weighted by Crippen LogP contribution is 2.38. The molecule has 0 radical (unpaired) electrons. The van der Waals surface area contributed by atoms with Crippen molar-refractivity contribution in [1.29, 1.82) is 0 Å². The van der Waals surface area contributed by atoms with Gasteiger partial charge in [-0.1, -0.05) is 0 Å². The third-order valence-corrected chi connectivity index (χ3v) is 4.05. The first-order valence-electron chi connectivity index (χ1n) is 9.07. The summed E-state index contributed by atoms with van der Waals surface area (Å²) in [6.07, 6.45) is 0. The maximum Gasteiger partial charge on any atom is 0.325 e. The molecule has 0 saturated heterocycles. The van der Waals surface area contributed by atoms with Crippen molar-refractivity contribution in [3.05, 3.63) is 52.1 Å². The van der Waals surface area contributed by atoms with Crippen LogP contribution in [0.15, 0.2) is 36.4 Å². The van der Waals surface area contributed by atoms with Gasteiger partial charge in [0.2, 0.25) is 5.75 Å². The molecule has 0 aliphatic carbocycles. The van der Waals surface area contributed by atoms with E-state index in [1.807, 2.05) is 0 Å². The number of nitro groups is 1. The standard InChI is InChI=1S/C20H21N3O9/c1-29-15-8-12(9-16(30-2)19(15)31-3)20(26)21-10-18(25)32-11-17(24)22-13-4-6-14(7-5-13)23(27)28/h4-9H,10-11H2,1-3H3,(H,21,26)(H,22,24). The van der Waals surface area contributed by atoms with Crippen molar-refractivity contribution < 1.29 is 38.3 Å². The van der Waals surface area contributed by atoms with Gasteiger partial charge in [-0.3, -0.25) is 24.5 Å². The number of ether oxygens (including phenoxy) is 4. The van der Waals surface area contributed by atoms with Crippen LogP contribution < -0.4 is 24.8 Å². The summed E-state index contributed by atoms with van der Waals surface area (Å²) in [6, 6.07) is 7.96. The van der Waals surface area contributed by atoms with Crippen LogP contribution in [0.25, 0.3) is 0 Å². The summed E-state index contributed by atoms with van der Waals surface area (Å²) >= 11 is 0. The fourth-order valence-corrected chi connectivity index (χ4v) is 2.53. The van der Waals surface area contributed by atoms with Gasteiger partial charge in [0.1, 0.15) is 6.54 Å². The molecule has 0 aromatic heterocycles. The van der Waals surface area contributed by atoms with Gasteiger partial charge >= 0.3 is 5.97 Å². The fourth-order valence-electron chi connectivity index (χ4n) is 2.53. The molecule has 32 heavy (non-hydrogen) atoms. The highest BCUT2D eigenvalue weighted by Gasteiger charge is 2.18. The second kappa shape index (κ2) is 11.2. The lowest BCUT2D eigenvalue weighted by molar-refractivity contribution is -0.384. The van der Waals surface area contributed by atoms with E-state index >= 15 is 0 Å². The van der Waals surface area contributed by atoms with E-state index < -0.39 is 35.9 Å². The van der Waals surface area contributed by atoms with Crippen molar-refractivity contribution in [2.24, 2.45) is 0 Å². The molecule has 0 aliphatic rings. The van der Waals surface area contributed by atoms with E-state index in [9.17, 15) is 24.5 Å². The number of nitrogens with one attached hydrogen (secondary N) is 2. The fraction of sp³-hybridized carbons (Fsp3) is 0.250. The topological polar surface area (TPSA) is 155 Å². The maximum atomic E-state index is 12.3. The maximum absolute atomic E-state index is 12.3. The van der Waals surface area contributed by atoms with Gasteiger partial charge < -0.3 is 29.6 Å². The molecule has 12 heteroatoms. The Bertz CT molecular complexity index is 981. The molecule has 0 atom stereocenters. The largest absolute Gasteiger partial charge is 0.493 e. The summed E-state index contributed by atoms with van der Waals surface area (Å²) in [5, 5.41) is 15.4. The monoisotopic (exact) mass is 447 g/mol. The zero-order valence-electron chi connectivity index (χ0n) is 17.5. The van der Waals surface area contributed by atoms with Crippen LogP contribution in [0.5, 0.6) is 17.2 Å². The van der Waals surface area contributed by atoms with Crippen molar-refractivity contribution in [2.45, 2.75) is 0 Å². The molecule has 170 valence electrons. The molecule has 2 aromatic carbocycles. The summed E-state index contributed by atoms with van der Waals surface area (Å²) in [6.45, 7) is -1.09. The molecule has 0 saturated carbocycles. The highest BCUT2D eigenvalue weighted by atomic mass is 16.6. The van der Waals surface area contributed by atoms with Crippen molar-refractivity contribution in [3.63, 3.8) is 0 Å². The predicted octanol–water partition coefficient (Wildman–Crippen LogP) is 1.53. The number of carbonyl (C=O) groups is 3. The molecule has 12 nitrogen and oxygen atoms in total. The molecule has 0 bridgehead atoms. The first kappa shape index (κ1) is 23.9. The molecule has 2 rings (SSSR count). The minimum Gasteiger partial charge on any atom is -0.493 e. The molecule has 0 aliphatic heterocycles. The normalized spacial score (nSPS) is 9.97. The van der Waals surface area contributed by atoms with Crippen LogP contribution in [0.4, 0.5) is 11.4 Å². The molecule has 2 N–H and O–H groups in total. The predicted molar refractivity (Wildman–Crippen MR) is 111 cm³/mol. The van der Waals surface area contributed by atoms with Crippen molar-refractivity contribution in [3.8, 4) is 17.2 Å². The number of anilines is 1.